The Morgan fingerprint density at radius 1 is 1.00 bits per heavy atom. The zero-order valence-corrected chi connectivity index (χ0v) is 21.2. The minimum Gasteiger partial charge on any atom is -0.507 e. The second kappa shape index (κ2) is 8.71. The van der Waals surface area contributed by atoms with E-state index in [2.05, 4.69) is 4.99 Å². The number of carbonyl (C=O) groups excluding carboxylic acids is 1. The van der Waals surface area contributed by atoms with Crippen LogP contribution in [0.15, 0.2) is 83.2 Å². The van der Waals surface area contributed by atoms with Gasteiger partial charge in [-0.1, -0.05) is 41.9 Å². The first-order valence-electron chi connectivity index (χ1n) is 11.8. The van der Waals surface area contributed by atoms with Gasteiger partial charge in [0, 0.05) is 16.1 Å². The Bertz CT molecular complexity index is 1770. The summed E-state index contributed by atoms with van der Waals surface area (Å²) in [5, 5.41) is 22.4. The molecule has 0 spiro atoms. The molecule has 38 heavy (non-hydrogen) atoms. The van der Waals surface area contributed by atoms with Crippen LogP contribution in [-0.2, 0) is 14.1 Å². The lowest BCUT2D eigenvalue weighted by Crippen LogP contribution is -2.75. The molecule has 2 heterocycles. The van der Waals surface area contributed by atoms with Crippen molar-refractivity contribution in [3.8, 4) is 11.8 Å². The van der Waals surface area contributed by atoms with Crippen LogP contribution in [0.1, 0.15) is 38.5 Å². The Labute approximate surface area is 222 Å². The van der Waals surface area contributed by atoms with Crippen molar-refractivity contribution in [1.82, 2.24) is 4.57 Å². The summed E-state index contributed by atoms with van der Waals surface area (Å²) in [4.78, 5) is 29.3. The van der Waals surface area contributed by atoms with Crippen molar-refractivity contribution in [3.05, 3.63) is 122 Å². The number of ether oxygens (including phenoxy) is 1. The van der Waals surface area contributed by atoms with Crippen molar-refractivity contribution < 1.29 is 29.3 Å². The van der Waals surface area contributed by atoms with Crippen LogP contribution >= 0.6 is 11.6 Å². The summed E-state index contributed by atoms with van der Waals surface area (Å²) >= 11 is 5.90. The van der Waals surface area contributed by atoms with Crippen LogP contribution in [0.4, 0.5) is 5.82 Å². The molecule has 1 unspecified atom stereocenters. The van der Waals surface area contributed by atoms with Gasteiger partial charge in [0.1, 0.15) is 25.6 Å². The summed E-state index contributed by atoms with van der Waals surface area (Å²) in [7, 11) is 3.15. The van der Waals surface area contributed by atoms with Crippen molar-refractivity contribution in [2.45, 2.75) is 5.92 Å². The first kappa shape index (κ1) is 23.7. The number of fused-ring (bicyclic) bond motifs is 4. The lowest BCUT2D eigenvalue weighted by atomic mass is 9.81. The smallest absolute Gasteiger partial charge is 0.507 e. The Kier molecular flexibility index (Phi) is 5.43. The van der Waals surface area contributed by atoms with Gasteiger partial charge in [0.2, 0.25) is 0 Å². The molecule has 1 aromatic heterocycles. The number of halogens is 1. The number of aromatic nitrogens is 2. The molecule has 0 amide bonds. The van der Waals surface area contributed by atoms with Gasteiger partial charge < -0.3 is 14.9 Å². The van der Waals surface area contributed by atoms with Crippen molar-refractivity contribution in [3.63, 3.8) is 0 Å². The molecule has 0 saturated carbocycles. The second-order valence-electron chi connectivity index (χ2n) is 9.19. The number of esters is 1. The molecule has 0 fully saturated rings. The molecule has 188 valence electrons. The van der Waals surface area contributed by atoms with Crippen molar-refractivity contribution >= 4 is 34.9 Å². The molecule has 2 aliphatic rings. The monoisotopic (exact) mass is 527 g/mol. The second-order valence-corrected chi connectivity index (χ2v) is 9.63. The van der Waals surface area contributed by atoms with Crippen LogP contribution in [0.3, 0.4) is 0 Å². The zero-order chi connectivity index (χ0) is 26.7. The maximum absolute atomic E-state index is 13.5. The fourth-order valence-corrected chi connectivity index (χ4v) is 5.22. The molecule has 0 saturated heterocycles. The van der Waals surface area contributed by atoms with E-state index in [1.807, 2.05) is 24.3 Å². The van der Waals surface area contributed by atoms with Crippen LogP contribution < -0.4 is 19.9 Å². The average molecular weight is 528 g/mol. The predicted octanol–water partition coefficient (Wildman–Crippen LogP) is 2.42. The molecule has 1 aliphatic carbocycles. The fraction of sp³-hybridized carbons (Fsp3) is 0.103. The van der Waals surface area contributed by atoms with Crippen LogP contribution in [-0.4, -0.2) is 26.5 Å². The van der Waals surface area contributed by atoms with Gasteiger partial charge in [-0.05, 0) is 48.0 Å². The number of aromatic hydroxyl groups is 1. The number of allylic oxidation sites excluding steroid dienone is 1. The number of aliphatic hydroxyl groups is 1. The summed E-state index contributed by atoms with van der Waals surface area (Å²) in [6.45, 7) is 0. The number of hydrogen-bond acceptors (Lipinski definition) is 5. The molecular formula is C29H22ClN3O5+2. The fourth-order valence-electron chi connectivity index (χ4n) is 5.10. The van der Waals surface area contributed by atoms with Gasteiger partial charge in [-0.3, -0.25) is 0 Å². The molecule has 6 rings (SSSR count). The van der Waals surface area contributed by atoms with Gasteiger partial charge in [0.15, 0.2) is 11.3 Å². The van der Waals surface area contributed by atoms with Crippen LogP contribution in [0, 0.1) is 0 Å². The van der Waals surface area contributed by atoms with E-state index in [9.17, 15) is 19.8 Å². The van der Waals surface area contributed by atoms with Crippen molar-refractivity contribution in [2.75, 3.05) is 0 Å². The number of benzene rings is 3. The van der Waals surface area contributed by atoms with Crippen molar-refractivity contribution in [2.24, 2.45) is 14.1 Å². The summed E-state index contributed by atoms with van der Waals surface area (Å²) in [5.74, 6) is -0.351. The van der Waals surface area contributed by atoms with E-state index in [1.165, 1.54) is 16.2 Å². The molecule has 8 nitrogen and oxygen atoms in total. The normalized spacial score (nSPS) is 15.4. The molecule has 3 aromatic carbocycles. The Morgan fingerprint density at radius 2 is 1.66 bits per heavy atom. The highest BCUT2D eigenvalue weighted by atomic mass is 35.5. The summed E-state index contributed by atoms with van der Waals surface area (Å²) < 4.78 is 8.20. The van der Waals surface area contributed by atoms with Crippen LogP contribution in [0.2, 0.25) is 5.02 Å². The molecule has 0 bridgehead atoms. The number of nitrogens with zero attached hydrogens (tertiary/aromatic N) is 2. The predicted molar refractivity (Wildman–Crippen MR) is 140 cm³/mol. The van der Waals surface area contributed by atoms with Crippen molar-refractivity contribution in [1.29, 1.82) is 0 Å². The molecule has 1 aliphatic heterocycles. The third kappa shape index (κ3) is 3.53. The largest absolute Gasteiger partial charge is 0.519 e. The van der Waals surface area contributed by atoms with Gasteiger partial charge in [0.25, 0.3) is 0 Å². The summed E-state index contributed by atoms with van der Waals surface area (Å²) in [5.41, 5.74) is 3.71. The SMILES string of the molecule is Cn1c(O)[n+](C)c2c(c1=O)C(c1ccc(OC(=O)c3ccc(Cl)cc3)cc1)C1=C(O)c3ccccc3C1=[NH+]2. The van der Waals surface area contributed by atoms with Gasteiger partial charge in [-0.15, -0.1) is 9.13 Å². The molecule has 1 atom stereocenters. The van der Waals surface area contributed by atoms with Gasteiger partial charge in [-0.2, -0.15) is 0 Å². The van der Waals surface area contributed by atoms with E-state index in [-0.39, 0.29) is 11.8 Å². The summed E-state index contributed by atoms with van der Waals surface area (Å²) in [6, 6.07) is 20.4. The van der Waals surface area contributed by atoms with E-state index < -0.39 is 17.4 Å². The number of aliphatic hydroxyl groups excluding tert-OH is 1. The quantitative estimate of drug-likeness (QED) is 0.215. The minimum atomic E-state index is -0.653. The average Bonchev–Trinajstić information content (AvgIpc) is 3.22. The highest BCUT2D eigenvalue weighted by molar-refractivity contribution is 6.30. The number of nitrogens with one attached hydrogen (secondary N) is 1. The zero-order valence-electron chi connectivity index (χ0n) is 20.4. The number of carbonyl (C=O) groups is 1. The molecule has 3 N–H and O–H groups in total. The molecule has 9 heteroatoms. The first-order valence-corrected chi connectivity index (χ1v) is 12.2. The van der Waals surface area contributed by atoms with E-state index in [0.717, 1.165) is 5.56 Å². The van der Waals surface area contributed by atoms with Gasteiger partial charge in [0.05, 0.1) is 17.1 Å². The van der Waals surface area contributed by atoms with Gasteiger partial charge >= 0.3 is 23.4 Å². The lowest BCUT2D eigenvalue weighted by Gasteiger charge is -2.22. The van der Waals surface area contributed by atoms with E-state index in [0.29, 0.717) is 50.1 Å². The Balaban J connectivity index is 1.47. The molecule has 0 radical (unpaired) electrons. The Morgan fingerprint density at radius 3 is 2.34 bits per heavy atom. The lowest BCUT2D eigenvalue weighted by molar-refractivity contribution is -0.723. The molecule has 4 aromatic rings. The van der Waals surface area contributed by atoms with Gasteiger partial charge in [-0.25, -0.2) is 14.6 Å². The number of hydrogen-bond donors (Lipinski definition) is 3. The maximum Gasteiger partial charge on any atom is 0.519 e. The minimum absolute atomic E-state index is 0.0785. The molecular weight excluding hydrogens is 506 g/mol. The standard InChI is InChI=1S/C29H20ClN3O5/c1-32-26-23(27(35)33(2)29(32)37)21(22-24(31-26)19-5-3-4-6-20(19)25(22)34)15-9-13-18(14-10-15)38-28(36)16-7-11-17(30)12-8-16/h3-14,21H,1-2H3,(H,31,34,35)/p+2. The van der Waals surface area contributed by atoms with E-state index >= 15 is 0 Å². The highest BCUT2D eigenvalue weighted by Crippen LogP contribution is 2.43. The van der Waals surface area contributed by atoms with E-state index in [1.54, 1.807) is 55.6 Å². The Hall–Kier alpha value is -4.69. The number of rotatable bonds is 3. The summed E-state index contributed by atoms with van der Waals surface area (Å²) in [6.07, 6.45) is 0. The maximum atomic E-state index is 13.5. The van der Waals surface area contributed by atoms with Crippen LogP contribution in [0.5, 0.6) is 11.8 Å². The third-order valence-electron chi connectivity index (χ3n) is 7.03. The third-order valence-corrected chi connectivity index (χ3v) is 7.28. The van der Waals surface area contributed by atoms with Crippen LogP contribution in [0.25, 0.3) is 5.76 Å². The van der Waals surface area contributed by atoms with E-state index in [4.69, 9.17) is 16.3 Å². The first-order chi connectivity index (χ1) is 18.3. The highest BCUT2D eigenvalue weighted by Gasteiger charge is 2.47. The topological polar surface area (TPSA) is 107 Å².